The third-order valence-electron chi connectivity index (χ3n) is 7.76. The van der Waals surface area contributed by atoms with Crippen molar-refractivity contribution in [2.24, 2.45) is 16.0 Å². The van der Waals surface area contributed by atoms with E-state index in [-0.39, 0.29) is 11.8 Å². The van der Waals surface area contributed by atoms with Crippen molar-refractivity contribution in [2.45, 2.75) is 42.9 Å². The number of halogens is 1. The number of rotatable bonds is 6. The molecule has 0 saturated heterocycles. The molecule has 0 aromatic heterocycles. The van der Waals surface area contributed by atoms with E-state index in [1.807, 2.05) is 11.0 Å². The predicted molar refractivity (Wildman–Crippen MR) is 160 cm³/mol. The van der Waals surface area contributed by atoms with Crippen LogP contribution in [-0.2, 0) is 28.6 Å². The molecule has 39 heavy (non-hydrogen) atoms. The monoisotopic (exact) mass is 562 g/mol. The Morgan fingerprint density at radius 1 is 1.05 bits per heavy atom. The largest absolute Gasteiger partial charge is 0.360 e. The Hall–Kier alpha value is -3.00. The van der Waals surface area contributed by atoms with E-state index in [4.69, 9.17) is 16.7 Å². The number of likely N-dealkylation sites (N-methyl/N-ethyl adjacent to an activating group) is 1. The van der Waals surface area contributed by atoms with Crippen LogP contribution in [0.15, 0.2) is 82.7 Å². The SMILES string of the molecule is CN1CCN=C1CN(C(=O)[C@H]1C[C@@H]1c1ccccc1)c1ccc2c(c1)CCCC2.NS(=O)c1ccc(Cl)cc1. The number of aryl methyl sites for hydroxylation is 2. The van der Waals surface area contributed by atoms with Gasteiger partial charge < -0.3 is 9.80 Å². The summed E-state index contributed by atoms with van der Waals surface area (Å²) in [6.45, 7) is 2.35. The van der Waals surface area contributed by atoms with Crippen molar-refractivity contribution in [3.63, 3.8) is 0 Å². The molecule has 1 saturated carbocycles. The van der Waals surface area contributed by atoms with Crippen LogP contribution >= 0.6 is 11.6 Å². The average molecular weight is 563 g/mol. The van der Waals surface area contributed by atoms with E-state index < -0.39 is 11.0 Å². The van der Waals surface area contributed by atoms with Gasteiger partial charge in [0.25, 0.3) is 0 Å². The van der Waals surface area contributed by atoms with Crippen molar-refractivity contribution in [1.82, 2.24) is 4.90 Å². The Bertz CT molecular complexity index is 1360. The second-order valence-electron chi connectivity index (χ2n) is 10.4. The molecule has 3 aliphatic rings. The maximum absolute atomic E-state index is 13.6. The molecule has 6 rings (SSSR count). The van der Waals surface area contributed by atoms with Crippen LogP contribution in [0.4, 0.5) is 5.69 Å². The van der Waals surface area contributed by atoms with Gasteiger partial charge in [-0.25, -0.2) is 9.35 Å². The Kier molecular flexibility index (Phi) is 8.80. The van der Waals surface area contributed by atoms with Crippen LogP contribution in [0.25, 0.3) is 0 Å². The van der Waals surface area contributed by atoms with Gasteiger partial charge in [-0.3, -0.25) is 9.79 Å². The molecule has 6 nitrogen and oxygen atoms in total. The molecule has 3 atom stereocenters. The van der Waals surface area contributed by atoms with Gasteiger partial charge in [-0.1, -0.05) is 48.0 Å². The summed E-state index contributed by atoms with van der Waals surface area (Å²) in [5.74, 6) is 1.71. The van der Waals surface area contributed by atoms with Gasteiger partial charge in [0.05, 0.1) is 18.0 Å². The van der Waals surface area contributed by atoms with Gasteiger partial charge >= 0.3 is 0 Å². The minimum Gasteiger partial charge on any atom is -0.360 e. The van der Waals surface area contributed by atoms with E-state index >= 15 is 0 Å². The van der Waals surface area contributed by atoms with Crippen LogP contribution in [0, 0.1) is 5.92 Å². The maximum Gasteiger partial charge on any atom is 0.231 e. The van der Waals surface area contributed by atoms with E-state index in [2.05, 4.69) is 59.4 Å². The predicted octanol–water partition coefficient (Wildman–Crippen LogP) is 5.37. The fourth-order valence-corrected chi connectivity index (χ4v) is 5.91. The number of fused-ring (bicyclic) bond motifs is 1. The maximum atomic E-state index is 13.6. The Balaban J connectivity index is 0.000000261. The van der Waals surface area contributed by atoms with E-state index in [1.165, 1.54) is 29.5 Å². The lowest BCUT2D eigenvalue weighted by atomic mass is 9.91. The highest BCUT2D eigenvalue weighted by molar-refractivity contribution is 7.82. The number of nitrogens with zero attached hydrogens (tertiary/aromatic N) is 3. The highest BCUT2D eigenvalue weighted by Gasteiger charge is 2.46. The van der Waals surface area contributed by atoms with Crippen molar-refractivity contribution in [2.75, 3.05) is 31.6 Å². The molecule has 2 N–H and O–H groups in total. The van der Waals surface area contributed by atoms with E-state index in [0.717, 1.165) is 43.9 Å². The number of carbonyl (C=O) groups is 1. The molecule has 3 aromatic rings. The number of carbonyl (C=O) groups excluding carboxylic acids is 1. The van der Waals surface area contributed by atoms with E-state index in [0.29, 0.717) is 22.4 Å². The summed E-state index contributed by atoms with van der Waals surface area (Å²) in [6, 6.07) is 23.7. The average Bonchev–Trinajstić information content (AvgIpc) is 3.67. The molecule has 1 amide bonds. The summed E-state index contributed by atoms with van der Waals surface area (Å²) in [5.41, 5.74) is 5.20. The first-order valence-corrected chi connectivity index (χ1v) is 15.1. The third-order valence-corrected chi connectivity index (χ3v) is 8.75. The summed E-state index contributed by atoms with van der Waals surface area (Å²) in [4.78, 5) is 23.0. The molecule has 0 radical (unpaired) electrons. The van der Waals surface area contributed by atoms with Crippen molar-refractivity contribution in [3.8, 4) is 0 Å². The molecule has 2 aliphatic carbocycles. The van der Waals surface area contributed by atoms with Crippen LogP contribution in [0.5, 0.6) is 0 Å². The summed E-state index contributed by atoms with van der Waals surface area (Å²) < 4.78 is 10.6. The molecule has 1 heterocycles. The van der Waals surface area contributed by atoms with Crippen LogP contribution in [0.1, 0.15) is 41.9 Å². The van der Waals surface area contributed by atoms with E-state index in [1.54, 1.807) is 24.3 Å². The van der Waals surface area contributed by atoms with Crippen LogP contribution in [-0.4, -0.2) is 47.5 Å². The molecular formula is C31H35ClN4O2S. The van der Waals surface area contributed by atoms with Crippen molar-refractivity contribution in [1.29, 1.82) is 0 Å². The van der Waals surface area contributed by atoms with Gasteiger partial charge in [-0.2, -0.15) is 0 Å². The molecule has 1 aliphatic heterocycles. The van der Waals surface area contributed by atoms with Gasteiger partial charge in [-0.05, 0) is 91.1 Å². The number of amidine groups is 1. The number of hydrogen-bond acceptors (Lipinski definition) is 4. The third kappa shape index (κ3) is 6.78. The first-order valence-electron chi connectivity index (χ1n) is 13.5. The van der Waals surface area contributed by atoms with Crippen LogP contribution < -0.4 is 10.0 Å². The van der Waals surface area contributed by atoms with Crippen LogP contribution in [0.2, 0.25) is 5.02 Å². The summed E-state index contributed by atoms with van der Waals surface area (Å²) in [5, 5.41) is 5.71. The lowest BCUT2D eigenvalue weighted by molar-refractivity contribution is -0.119. The van der Waals surface area contributed by atoms with Gasteiger partial charge in [-0.15, -0.1) is 0 Å². The quantitative estimate of drug-likeness (QED) is 0.439. The zero-order valence-electron chi connectivity index (χ0n) is 22.3. The van der Waals surface area contributed by atoms with Gasteiger partial charge in [0.1, 0.15) is 16.8 Å². The molecule has 1 unspecified atom stereocenters. The summed E-state index contributed by atoms with van der Waals surface area (Å²) in [6.07, 6.45) is 5.77. The number of amides is 1. The highest BCUT2D eigenvalue weighted by Crippen LogP contribution is 2.49. The fraction of sp³-hybridized carbons (Fsp3) is 0.355. The zero-order valence-corrected chi connectivity index (χ0v) is 23.8. The minimum absolute atomic E-state index is 0.0840. The topological polar surface area (TPSA) is 79.0 Å². The molecular weight excluding hydrogens is 528 g/mol. The lowest BCUT2D eigenvalue weighted by Gasteiger charge is -2.27. The van der Waals surface area contributed by atoms with Crippen molar-refractivity contribution >= 4 is 40.0 Å². The lowest BCUT2D eigenvalue weighted by Crippen LogP contribution is -2.41. The first-order chi connectivity index (χ1) is 18.9. The number of aliphatic imine (C=N–C) groups is 1. The Labute approximate surface area is 238 Å². The number of nitrogens with two attached hydrogens (primary N) is 1. The smallest absolute Gasteiger partial charge is 0.231 e. The summed E-state index contributed by atoms with van der Waals surface area (Å²) >= 11 is 5.58. The molecule has 0 bridgehead atoms. The number of anilines is 1. The van der Waals surface area contributed by atoms with Crippen molar-refractivity contribution < 1.29 is 9.00 Å². The Morgan fingerprint density at radius 3 is 2.44 bits per heavy atom. The standard InChI is InChI=1S/C25H29N3O.C6H6ClNOS/c1-27-14-13-26-24(27)17-28(21-12-11-18-7-5-6-10-20(18)15-21)25(29)23-16-22(23)19-8-3-2-4-9-19;7-5-1-3-6(4-2-5)10(8)9/h2-4,8-9,11-12,15,22-23H,5-7,10,13-14,16-17H2,1H3;1-4H,8H2/t22-,23+;/m1./s1. The zero-order chi connectivity index (χ0) is 27.4. The first kappa shape index (κ1) is 27.6. The van der Waals surface area contributed by atoms with Gasteiger partial charge in [0, 0.05) is 30.2 Å². The molecule has 1 fully saturated rings. The van der Waals surface area contributed by atoms with E-state index in [9.17, 15) is 9.00 Å². The highest BCUT2D eigenvalue weighted by atomic mass is 35.5. The minimum atomic E-state index is -1.40. The molecule has 3 aromatic carbocycles. The van der Waals surface area contributed by atoms with Crippen molar-refractivity contribution in [3.05, 3.63) is 94.5 Å². The van der Waals surface area contributed by atoms with Gasteiger partial charge in [0.2, 0.25) is 5.91 Å². The molecule has 0 spiro atoms. The molecule has 204 valence electrons. The summed E-state index contributed by atoms with van der Waals surface area (Å²) in [7, 11) is 0.679. The number of benzene rings is 3. The fourth-order valence-electron chi connectivity index (χ4n) is 5.38. The normalized spacial score (nSPS) is 20.3. The Morgan fingerprint density at radius 2 is 1.77 bits per heavy atom. The second kappa shape index (κ2) is 12.5. The second-order valence-corrected chi connectivity index (χ2v) is 11.9. The van der Waals surface area contributed by atoms with Crippen LogP contribution in [0.3, 0.4) is 0 Å². The van der Waals surface area contributed by atoms with Gasteiger partial charge in [0.15, 0.2) is 0 Å². The number of hydrogen-bond donors (Lipinski definition) is 1. The molecule has 8 heteroatoms.